The van der Waals surface area contributed by atoms with E-state index in [9.17, 15) is 14.4 Å². The fourth-order valence-corrected chi connectivity index (χ4v) is 4.62. The molecule has 9 nitrogen and oxygen atoms in total. The van der Waals surface area contributed by atoms with Crippen LogP contribution < -0.4 is 20.7 Å². The first-order valence-electron chi connectivity index (χ1n) is 16.7. The number of hydrogen-bond donors (Lipinski definition) is 4. The molecule has 0 saturated heterocycles. The highest BCUT2D eigenvalue weighted by atomic mass is 16.5. The molecule has 0 spiro atoms. The van der Waals surface area contributed by atoms with E-state index in [4.69, 9.17) is 9.84 Å². The maximum atomic E-state index is 12.1. The Bertz CT molecular complexity index is 1080. The zero-order chi connectivity index (χ0) is 33.5. The summed E-state index contributed by atoms with van der Waals surface area (Å²) in [5, 5.41) is 17.5. The molecule has 1 saturated carbocycles. The summed E-state index contributed by atoms with van der Waals surface area (Å²) in [7, 11) is 0. The zero-order valence-electron chi connectivity index (χ0n) is 28.5. The second-order valence-electron chi connectivity index (χ2n) is 12.0. The number of nitrogens with zero attached hydrogens (tertiary/aromatic N) is 1. The molecule has 0 bridgehead atoms. The first-order valence-corrected chi connectivity index (χ1v) is 16.7. The van der Waals surface area contributed by atoms with Crippen molar-refractivity contribution < 1.29 is 24.2 Å². The third kappa shape index (κ3) is 18.8. The highest BCUT2D eigenvalue weighted by Crippen LogP contribution is 2.27. The molecule has 9 heteroatoms. The van der Waals surface area contributed by atoms with Crippen molar-refractivity contribution in [3.05, 3.63) is 53.9 Å². The zero-order valence-corrected chi connectivity index (χ0v) is 28.5. The number of amides is 2. The quantitative estimate of drug-likeness (QED) is 0.181. The Hall–Kier alpha value is -3.46. The summed E-state index contributed by atoms with van der Waals surface area (Å²) in [6.07, 6.45) is 10.7. The minimum atomic E-state index is -0.201. The van der Waals surface area contributed by atoms with Crippen molar-refractivity contribution in [1.82, 2.24) is 20.9 Å². The average molecular weight is 627 g/mol. The lowest BCUT2D eigenvalue weighted by atomic mass is 9.82. The van der Waals surface area contributed by atoms with Crippen LogP contribution in [-0.2, 0) is 20.8 Å². The van der Waals surface area contributed by atoms with Crippen LogP contribution in [0.4, 0.5) is 0 Å². The number of benzene rings is 1. The molecule has 1 aliphatic rings. The molecule has 3 rings (SSSR count). The summed E-state index contributed by atoms with van der Waals surface area (Å²) in [5.41, 5.74) is 2.01. The first kappa shape index (κ1) is 39.6. The number of Topliss-reactive ketones (excluding diaryl/α,β-unsaturated/α-hetero) is 1. The molecule has 4 N–H and O–H groups in total. The van der Waals surface area contributed by atoms with E-state index in [-0.39, 0.29) is 30.2 Å². The van der Waals surface area contributed by atoms with Crippen LogP contribution in [0, 0.1) is 18.8 Å². The van der Waals surface area contributed by atoms with Crippen molar-refractivity contribution in [1.29, 1.82) is 0 Å². The van der Waals surface area contributed by atoms with Crippen LogP contribution in [0.15, 0.2) is 42.6 Å². The van der Waals surface area contributed by atoms with Gasteiger partial charge < -0.3 is 25.8 Å². The summed E-state index contributed by atoms with van der Waals surface area (Å²) in [6.45, 7) is 13.6. The van der Waals surface area contributed by atoms with Crippen molar-refractivity contribution in [2.75, 3.05) is 26.2 Å². The number of phenolic OH excluding ortho intramolecular Hbond substituents is 1. The van der Waals surface area contributed by atoms with Gasteiger partial charge in [-0.15, -0.1) is 0 Å². The summed E-state index contributed by atoms with van der Waals surface area (Å²) < 4.78 is 5.94. The lowest BCUT2D eigenvalue weighted by molar-refractivity contribution is -0.125. The third-order valence-electron chi connectivity index (χ3n) is 7.66. The van der Waals surface area contributed by atoms with Crippen LogP contribution in [0.25, 0.3) is 0 Å². The van der Waals surface area contributed by atoms with Gasteiger partial charge in [0.05, 0.1) is 18.3 Å². The number of aromatic nitrogens is 1. The molecule has 2 amide bonds. The van der Waals surface area contributed by atoms with Gasteiger partial charge >= 0.3 is 0 Å². The van der Waals surface area contributed by atoms with Crippen LogP contribution in [-0.4, -0.2) is 60.0 Å². The van der Waals surface area contributed by atoms with Gasteiger partial charge in [-0.25, -0.2) is 0 Å². The Balaban J connectivity index is 0.000000642. The number of nitrogens with one attached hydrogen (secondary N) is 3. The molecule has 1 heterocycles. The van der Waals surface area contributed by atoms with E-state index in [0.717, 1.165) is 30.2 Å². The van der Waals surface area contributed by atoms with Gasteiger partial charge in [0.2, 0.25) is 11.8 Å². The largest absolute Gasteiger partial charge is 0.508 e. The number of rotatable bonds is 15. The average Bonchev–Trinajstić information content (AvgIpc) is 3.04. The predicted molar refractivity (Wildman–Crippen MR) is 181 cm³/mol. The summed E-state index contributed by atoms with van der Waals surface area (Å²) in [5.74, 6) is 2.24. The van der Waals surface area contributed by atoms with Crippen molar-refractivity contribution in [2.45, 2.75) is 105 Å². The van der Waals surface area contributed by atoms with Gasteiger partial charge in [0.1, 0.15) is 23.9 Å². The van der Waals surface area contributed by atoms with E-state index in [1.165, 1.54) is 31.2 Å². The van der Waals surface area contributed by atoms with Crippen molar-refractivity contribution in [3.63, 3.8) is 0 Å². The van der Waals surface area contributed by atoms with Crippen LogP contribution in [0.5, 0.6) is 11.5 Å². The van der Waals surface area contributed by atoms with Gasteiger partial charge in [-0.05, 0) is 75.6 Å². The van der Waals surface area contributed by atoms with Crippen LogP contribution in [0.3, 0.4) is 0 Å². The van der Waals surface area contributed by atoms with Gasteiger partial charge in [-0.3, -0.25) is 19.4 Å². The predicted octanol–water partition coefficient (Wildman–Crippen LogP) is 5.92. The Morgan fingerprint density at radius 2 is 1.64 bits per heavy atom. The van der Waals surface area contributed by atoms with E-state index < -0.39 is 0 Å². The molecule has 1 aromatic heterocycles. The maximum Gasteiger partial charge on any atom is 0.239 e. The Morgan fingerprint density at radius 1 is 0.978 bits per heavy atom. The van der Waals surface area contributed by atoms with E-state index in [0.29, 0.717) is 50.6 Å². The maximum absolute atomic E-state index is 12.1. The molecule has 1 unspecified atom stereocenters. The van der Waals surface area contributed by atoms with Gasteiger partial charge in [0.15, 0.2) is 0 Å². The number of phenols is 1. The second-order valence-corrected chi connectivity index (χ2v) is 12.0. The summed E-state index contributed by atoms with van der Waals surface area (Å²) in [4.78, 5) is 39.4. The second kappa shape index (κ2) is 23.9. The number of carbonyl (C=O) groups excluding carboxylic acids is 3. The Kier molecular flexibility index (Phi) is 21.0. The summed E-state index contributed by atoms with van der Waals surface area (Å²) in [6, 6.07) is 10.7. The highest BCUT2D eigenvalue weighted by molar-refractivity contribution is 5.84. The van der Waals surface area contributed by atoms with E-state index in [1.54, 1.807) is 32.2 Å². The number of carbonyl (C=O) groups is 3. The first-order chi connectivity index (χ1) is 21.6. The molecule has 45 heavy (non-hydrogen) atoms. The normalized spacial score (nSPS) is 13.4. The van der Waals surface area contributed by atoms with Crippen molar-refractivity contribution in [2.24, 2.45) is 11.8 Å². The van der Waals surface area contributed by atoms with Gasteiger partial charge in [-0.2, -0.15) is 0 Å². The topological polar surface area (TPSA) is 130 Å². The molecule has 252 valence electrons. The van der Waals surface area contributed by atoms with Gasteiger partial charge in [0, 0.05) is 25.7 Å². The van der Waals surface area contributed by atoms with E-state index in [2.05, 4.69) is 41.7 Å². The van der Waals surface area contributed by atoms with Crippen LogP contribution in [0.2, 0.25) is 0 Å². The van der Waals surface area contributed by atoms with E-state index in [1.807, 2.05) is 31.2 Å². The lowest BCUT2D eigenvalue weighted by Gasteiger charge is -2.29. The standard InChI is InChI=1S/C24H38N4O4.C7H8O.C5H12/c1-3-22(30)28-17-23(31)26-14-7-11-20-21(12-8-13-25-20)32-16-15-27-24(18(2)29)19-9-5-4-6-10-19;1-6-2-4-7(8)5-3-6;1-4-5(2)3/h8,12-13,19,24,27H,3-7,9-11,14-17H2,1-2H3,(H,26,31)(H,28,30);2-5,8H,1H3;5H,4H2,1-3H3. The molecule has 0 aliphatic heterocycles. The van der Waals surface area contributed by atoms with Crippen LogP contribution in [0.1, 0.15) is 97.2 Å². The number of ketones is 1. The molecular formula is C36H58N4O5. The fraction of sp³-hybridized carbons (Fsp3) is 0.611. The van der Waals surface area contributed by atoms with E-state index >= 15 is 0 Å². The van der Waals surface area contributed by atoms with Gasteiger partial charge in [-0.1, -0.05) is 71.1 Å². The number of aromatic hydroxyl groups is 1. The molecular weight excluding hydrogens is 568 g/mol. The smallest absolute Gasteiger partial charge is 0.239 e. The lowest BCUT2D eigenvalue weighted by Crippen LogP contribution is -2.44. The number of ether oxygens (including phenoxy) is 1. The highest BCUT2D eigenvalue weighted by Gasteiger charge is 2.26. The third-order valence-corrected chi connectivity index (χ3v) is 7.66. The molecule has 1 aromatic carbocycles. The minimum absolute atomic E-state index is 0.000262. The fourth-order valence-electron chi connectivity index (χ4n) is 4.62. The Morgan fingerprint density at radius 3 is 2.22 bits per heavy atom. The molecule has 1 aliphatic carbocycles. The van der Waals surface area contributed by atoms with Gasteiger partial charge in [0.25, 0.3) is 0 Å². The Labute approximate surface area is 271 Å². The molecule has 2 aromatic rings. The number of pyridine rings is 1. The van der Waals surface area contributed by atoms with Crippen LogP contribution >= 0.6 is 0 Å². The number of aryl methyl sites for hydroxylation is 2. The SMILES string of the molecule is CCC(=O)NCC(=O)NCCCc1ncccc1OCCNC(C(C)=O)C1CCCCC1.CCC(C)C.Cc1ccc(O)cc1. The molecule has 1 atom stereocenters. The van der Waals surface area contributed by atoms with Crippen molar-refractivity contribution >= 4 is 17.6 Å². The minimum Gasteiger partial charge on any atom is -0.508 e. The number of hydrogen-bond acceptors (Lipinski definition) is 7. The molecule has 0 radical (unpaired) electrons. The van der Waals surface area contributed by atoms with Crippen molar-refractivity contribution in [3.8, 4) is 11.5 Å². The summed E-state index contributed by atoms with van der Waals surface area (Å²) >= 11 is 0. The monoisotopic (exact) mass is 626 g/mol. The molecule has 1 fully saturated rings.